The minimum atomic E-state index is -6.61. The molecule has 1 N–H and O–H groups in total. The van der Waals surface area contributed by atoms with Gasteiger partial charge in [-0.05, 0) is 22.9 Å². The van der Waals surface area contributed by atoms with E-state index in [0.717, 1.165) is 12.1 Å². The van der Waals surface area contributed by atoms with E-state index in [4.69, 9.17) is 9.29 Å². The lowest BCUT2D eigenvalue weighted by molar-refractivity contribution is -0.248. The van der Waals surface area contributed by atoms with Gasteiger partial charge in [0.1, 0.15) is 11.3 Å². The van der Waals surface area contributed by atoms with Gasteiger partial charge in [0.2, 0.25) is 0 Å². The van der Waals surface area contributed by atoms with Gasteiger partial charge >= 0.3 is 33.5 Å². The molecule has 0 aliphatic carbocycles. The molecule has 2 aromatic carbocycles. The average Bonchev–Trinajstić information content (AvgIpc) is 2.63. The first-order chi connectivity index (χ1) is 13.7. The quantitative estimate of drug-likeness (QED) is 0.234. The van der Waals surface area contributed by atoms with Crippen LogP contribution in [0.2, 0.25) is 0 Å². The fourth-order valence-corrected chi connectivity index (χ4v) is 2.70. The highest BCUT2D eigenvalue weighted by Gasteiger charge is 2.66. The van der Waals surface area contributed by atoms with Crippen molar-refractivity contribution in [1.29, 1.82) is 0 Å². The molecule has 2 aromatic rings. The third-order valence-electron chi connectivity index (χ3n) is 3.62. The molecule has 162 valence electrons. The zero-order valence-electron chi connectivity index (χ0n) is 14.5. The lowest BCUT2D eigenvalue weighted by Gasteiger charge is -2.26. The van der Waals surface area contributed by atoms with Crippen LogP contribution in [0.5, 0.6) is 5.75 Å². The number of hydrogen-bond acceptors (Lipinski definition) is 6. The molecule has 1 unspecified atom stereocenters. The Morgan fingerprint density at radius 2 is 1.60 bits per heavy atom. The molecule has 13 heteroatoms. The molecule has 30 heavy (non-hydrogen) atoms. The van der Waals surface area contributed by atoms with Gasteiger partial charge in [-0.25, -0.2) is 9.59 Å². The van der Waals surface area contributed by atoms with E-state index in [2.05, 4.69) is 11.3 Å². The minimum Gasteiger partial charge on any atom is -0.441 e. The number of carbonyl (C=O) groups is 2. The molecule has 0 aliphatic heterocycles. The van der Waals surface area contributed by atoms with E-state index in [1.807, 2.05) is 0 Å². The second-order valence-corrected chi connectivity index (χ2v) is 7.18. The lowest BCUT2D eigenvalue weighted by atomic mass is 10.1. The summed E-state index contributed by atoms with van der Waals surface area (Å²) in [6, 6.07) is 7.86. The first kappa shape index (κ1) is 23.2. The fourth-order valence-electron chi connectivity index (χ4n) is 2.25. The van der Waals surface area contributed by atoms with E-state index >= 15 is 0 Å². The maximum atomic E-state index is 13.7. The molecule has 1 atom stereocenters. The smallest absolute Gasteiger partial charge is 0.432 e. The number of halogens is 5. The van der Waals surface area contributed by atoms with Crippen molar-refractivity contribution in [1.82, 2.24) is 0 Å². The molecule has 0 spiro atoms. The van der Waals surface area contributed by atoms with Crippen LogP contribution < -0.4 is 4.74 Å². The Morgan fingerprint density at radius 3 is 2.07 bits per heavy atom. The van der Waals surface area contributed by atoms with Gasteiger partial charge in [-0.1, -0.05) is 30.8 Å². The topological polar surface area (TPSA) is 107 Å². The van der Waals surface area contributed by atoms with Crippen LogP contribution in [0.25, 0.3) is 10.8 Å². The third kappa shape index (κ3) is 4.74. The highest BCUT2D eigenvalue weighted by molar-refractivity contribution is 7.86. The highest BCUT2D eigenvalue weighted by atomic mass is 32.2. The number of carbonyl (C=O) groups excluding carboxylic acids is 2. The summed E-state index contributed by atoms with van der Waals surface area (Å²) in [7, 11) is -6.61. The first-order valence-corrected chi connectivity index (χ1v) is 9.12. The molecule has 2 rings (SSSR count). The molecule has 0 fully saturated rings. The minimum absolute atomic E-state index is 0.230. The van der Waals surface area contributed by atoms with E-state index in [-0.39, 0.29) is 5.39 Å². The van der Waals surface area contributed by atoms with Gasteiger partial charge < -0.3 is 9.47 Å². The molecule has 0 heterocycles. The van der Waals surface area contributed by atoms with Gasteiger partial charge in [-0.15, -0.1) is 0 Å². The van der Waals surface area contributed by atoms with E-state index in [0.29, 0.717) is 11.5 Å². The lowest BCUT2D eigenvalue weighted by Crippen LogP contribution is -2.52. The normalized spacial score (nSPS) is 13.5. The molecule has 0 aliphatic rings. The van der Waals surface area contributed by atoms with Crippen LogP contribution in [0.15, 0.2) is 49.1 Å². The Morgan fingerprint density at radius 1 is 1.07 bits per heavy atom. The van der Waals surface area contributed by atoms with Crippen molar-refractivity contribution in [2.24, 2.45) is 0 Å². The van der Waals surface area contributed by atoms with Crippen molar-refractivity contribution in [2.75, 3.05) is 0 Å². The summed E-state index contributed by atoms with van der Waals surface area (Å²) in [5.41, 5.74) is -0.885. The zero-order valence-corrected chi connectivity index (χ0v) is 15.3. The number of hydrogen-bond donors (Lipinski definition) is 1. The van der Waals surface area contributed by atoms with Crippen LogP contribution in [-0.2, 0) is 19.6 Å². The number of rotatable bonds is 6. The highest BCUT2D eigenvalue weighted by Crippen LogP contribution is 2.39. The maximum absolute atomic E-state index is 13.7. The second kappa shape index (κ2) is 7.99. The molecule has 0 aromatic heterocycles. The predicted molar refractivity (Wildman–Crippen MR) is 91.5 cm³/mol. The van der Waals surface area contributed by atoms with Crippen molar-refractivity contribution in [3.63, 3.8) is 0 Å². The fraction of sp³-hybridized carbons (Fsp3) is 0.176. The van der Waals surface area contributed by atoms with Crippen molar-refractivity contribution in [3.05, 3.63) is 54.6 Å². The van der Waals surface area contributed by atoms with Crippen LogP contribution in [0.3, 0.4) is 0 Å². The molecular formula is C17H11F5O7S. The Bertz CT molecular complexity index is 1110. The van der Waals surface area contributed by atoms with Gasteiger partial charge in [-0.3, -0.25) is 4.55 Å². The predicted octanol–water partition coefficient (Wildman–Crippen LogP) is 3.50. The van der Waals surface area contributed by atoms with Crippen molar-refractivity contribution >= 4 is 32.8 Å². The van der Waals surface area contributed by atoms with E-state index < -0.39 is 50.9 Å². The summed E-state index contributed by atoms with van der Waals surface area (Å²) >= 11 is 0. The Hall–Kier alpha value is -3.06. The summed E-state index contributed by atoms with van der Waals surface area (Å²) in [5, 5.41) is -5.32. The number of esters is 2. The van der Waals surface area contributed by atoms with Crippen LogP contribution in [0.1, 0.15) is 10.4 Å². The Kier molecular flexibility index (Phi) is 6.18. The summed E-state index contributed by atoms with van der Waals surface area (Å²) < 4.78 is 105. The maximum Gasteiger partial charge on any atom is 0.432 e. The summed E-state index contributed by atoms with van der Waals surface area (Å²) in [4.78, 5) is 23.7. The summed E-state index contributed by atoms with van der Waals surface area (Å²) in [6.07, 6.45) is -9.96. The Balaban J connectivity index is 2.58. The van der Waals surface area contributed by atoms with Gasteiger partial charge in [-0.2, -0.15) is 30.4 Å². The van der Waals surface area contributed by atoms with E-state index in [1.54, 1.807) is 6.07 Å². The largest absolute Gasteiger partial charge is 0.441 e. The van der Waals surface area contributed by atoms with E-state index in [1.165, 1.54) is 18.2 Å². The van der Waals surface area contributed by atoms with Gasteiger partial charge in [0.15, 0.2) is 0 Å². The van der Waals surface area contributed by atoms with Crippen molar-refractivity contribution < 1.29 is 54.0 Å². The summed E-state index contributed by atoms with van der Waals surface area (Å²) in [6.45, 7) is 3.10. The molecule has 0 saturated heterocycles. The van der Waals surface area contributed by atoms with Gasteiger partial charge in [0.25, 0.3) is 6.10 Å². The average molecular weight is 454 g/mol. The Labute approximate surface area is 165 Å². The van der Waals surface area contributed by atoms with Gasteiger partial charge in [0, 0.05) is 6.08 Å². The SMILES string of the molecule is C=CC(=O)Oc1cc2ccccc2cc1C(=O)OC(C(F)(F)F)C(F)(F)S(=O)(=O)O. The monoisotopic (exact) mass is 454 g/mol. The molecule has 0 saturated carbocycles. The van der Waals surface area contributed by atoms with Crippen molar-refractivity contribution in [2.45, 2.75) is 17.5 Å². The zero-order chi connectivity index (χ0) is 22.9. The number of alkyl halides is 5. The molecule has 0 amide bonds. The standard InChI is InChI=1S/C17H11F5O7S/c1-2-13(23)28-12-8-10-6-4-3-5-9(10)7-11(12)14(24)29-15(16(18,19)20)17(21,22)30(25,26)27/h2-8,15H,1H2,(H,25,26,27). The number of benzene rings is 2. The molecular weight excluding hydrogens is 443 g/mol. The van der Waals surface area contributed by atoms with Crippen LogP contribution >= 0.6 is 0 Å². The summed E-state index contributed by atoms with van der Waals surface area (Å²) in [5.74, 6) is -3.87. The molecule has 0 radical (unpaired) electrons. The van der Waals surface area contributed by atoms with Crippen LogP contribution in [0, 0.1) is 0 Å². The third-order valence-corrected chi connectivity index (χ3v) is 4.52. The number of fused-ring (bicyclic) bond motifs is 1. The molecule has 7 nitrogen and oxygen atoms in total. The van der Waals surface area contributed by atoms with Crippen LogP contribution in [0.4, 0.5) is 22.0 Å². The van der Waals surface area contributed by atoms with Gasteiger partial charge in [0.05, 0.1) is 0 Å². The molecule has 0 bridgehead atoms. The van der Waals surface area contributed by atoms with Crippen LogP contribution in [-0.4, -0.2) is 42.4 Å². The second-order valence-electron chi connectivity index (χ2n) is 5.68. The van der Waals surface area contributed by atoms with Crippen molar-refractivity contribution in [3.8, 4) is 5.75 Å². The first-order valence-electron chi connectivity index (χ1n) is 7.68. The number of ether oxygens (including phenoxy) is 2. The van der Waals surface area contributed by atoms with E-state index in [9.17, 15) is 40.0 Å².